The van der Waals surface area contributed by atoms with Gasteiger partial charge in [-0.3, -0.25) is 0 Å². The summed E-state index contributed by atoms with van der Waals surface area (Å²) in [6, 6.07) is 5.67. The van der Waals surface area contributed by atoms with Crippen molar-refractivity contribution in [1.29, 1.82) is 0 Å². The number of benzene rings is 1. The number of hydrogen-bond acceptors (Lipinski definition) is 3. The molecule has 0 aliphatic carbocycles. The Kier molecular flexibility index (Phi) is 5.67. The first-order chi connectivity index (χ1) is 8.96. The van der Waals surface area contributed by atoms with Crippen molar-refractivity contribution in [3.05, 3.63) is 23.8 Å². The summed E-state index contributed by atoms with van der Waals surface area (Å²) >= 11 is 0. The minimum absolute atomic E-state index is 0.156. The molecule has 19 heavy (non-hydrogen) atoms. The standard InChI is InChI=1S/C16H26O3/c1-6-16(4,5)15(17)12-9-10-13(18-7-2)14(11-12)19-8-3/h9-11,15,17H,6-8H2,1-5H3. The van der Waals surface area contributed by atoms with E-state index >= 15 is 0 Å². The highest BCUT2D eigenvalue weighted by Gasteiger charge is 2.27. The highest BCUT2D eigenvalue weighted by Crippen LogP contribution is 2.39. The number of aliphatic hydroxyl groups excluding tert-OH is 1. The van der Waals surface area contributed by atoms with E-state index in [0.717, 1.165) is 17.7 Å². The van der Waals surface area contributed by atoms with Gasteiger partial charge in [-0.1, -0.05) is 26.8 Å². The summed E-state index contributed by atoms with van der Waals surface area (Å²) in [6.07, 6.45) is 0.401. The molecule has 3 nitrogen and oxygen atoms in total. The predicted molar refractivity (Wildman–Crippen MR) is 77.8 cm³/mol. The Morgan fingerprint density at radius 3 is 2.16 bits per heavy atom. The first kappa shape index (κ1) is 15.8. The molecule has 3 heteroatoms. The van der Waals surface area contributed by atoms with E-state index in [1.807, 2.05) is 32.0 Å². The van der Waals surface area contributed by atoms with Gasteiger partial charge in [0, 0.05) is 0 Å². The van der Waals surface area contributed by atoms with Crippen molar-refractivity contribution in [2.45, 2.75) is 47.1 Å². The molecule has 0 radical (unpaired) electrons. The molecule has 0 aromatic heterocycles. The second-order valence-corrected chi connectivity index (χ2v) is 5.32. The van der Waals surface area contributed by atoms with Crippen LogP contribution >= 0.6 is 0 Å². The van der Waals surface area contributed by atoms with Gasteiger partial charge in [0.1, 0.15) is 0 Å². The SMILES string of the molecule is CCOc1ccc(C(O)C(C)(C)CC)cc1OCC. The van der Waals surface area contributed by atoms with Gasteiger partial charge in [0.05, 0.1) is 19.3 Å². The van der Waals surface area contributed by atoms with Crippen LogP contribution in [-0.4, -0.2) is 18.3 Å². The van der Waals surface area contributed by atoms with Gasteiger partial charge in [0.15, 0.2) is 11.5 Å². The lowest BCUT2D eigenvalue weighted by Gasteiger charge is -2.30. The van der Waals surface area contributed by atoms with Crippen molar-refractivity contribution in [3.63, 3.8) is 0 Å². The van der Waals surface area contributed by atoms with Crippen molar-refractivity contribution in [1.82, 2.24) is 0 Å². The molecule has 1 rings (SSSR count). The molecular weight excluding hydrogens is 240 g/mol. The molecule has 0 heterocycles. The molecule has 0 fully saturated rings. The normalized spacial score (nSPS) is 13.2. The monoisotopic (exact) mass is 266 g/mol. The zero-order valence-electron chi connectivity index (χ0n) is 12.7. The molecule has 0 aliphatic rings. The third-order valence-electron chi connectivity index (χ3n) is 3.53. The van der Waals surface area contributed by atoms with Crippen LogP contribution in [0, 0.1) is 5.41 Å². The fraction of sp³-hybridized carbons (Fsp3) is 0.625. The van der Waals surface area contributed by atoms with Crippen LogP contribution in [0.1, 0.15) is 52.7 Å². The number of rotatable bonds is 7. The highest BCUT2D eigenvalue weighted by molar-refractivity contribution is 5.44. The Balaban J connectivity index is 3.07. The summed E-state index contributed by atoms with van der Waals surface area (Å²) in [7, 11) is 0. The number of hydrogen-bond donors (Lipinski definition) is 1. The van der Waals surface area contributed by atoms with Crippen molar-refractivity contribution in [3.8, 4) is 11.5 Å². The van der Waals surface area contributed by atoms with Crippen LogP contribution in [0.2, 0.25) is 0 Å². The van der Waals surface area contributed by atoms with E-state index in [1.165, 1.54) is 0 Å². The van der Waals surface area contributed by atoms with Crippen molar-refractivity contribution < 1.29 is 14.6 Å². The van der Waals surface area contributed by atoms with Gasteiger partial charge in [0.2, 0.25) is 0 Å². The van der Waals surface area contributed by atoms with E-state index in [1.54, 1.807) is 0 Å². The molecule has 0 spiro atoms. The summed E-state index contributed by atoms with van der Waals surface area (Å²) in [5, 5.41) is 10.5. The van der Waals surface area contributed by atoms with Crippen LogP contribution in [0.3, 0.4) is 0 Å². The van der Waals surface area contributed by atoms with E-state index in [4.69, 9.17) is 9.47 Å². The van der Waals surface area contributed by atoms with Gasteiger partial charge in [0.25, 0.3) is 0 Å². The second kappa shape index (κ2) is 6.80. The van der Waals surface area contributed by atoms with E-state index in [9.17, 15) is 5.11 Å². The second-order valence-electron chi connectivity index (χ2n) is 5.32. The lowest BCUT2D eigenvalue weighted by atomic mass is 9.80. The van der Waals surface area contributed by atoms with Crippen molar-refractivity contribution in [2.75, 3.05) is 13.2 Å². The maximum absolute atomic E-state index is 10.5. The molecule has 0 saturated carbocycles. The molecule has 1 unspecified atom stereocenters. The number of aliphatic hydroxyl groups is 1. The molecular formula is C16H26O3. The first-order valence-corrected chi connectivity index (χ1v) is 7.03. The zero-order chi connectivity index (χ0) is 14.5. The molecule has 1 atom stereocenters. The zero-order valence-corrected chi connectivity index (χ0v) is 12.7. The van der Waals surface area contributed by atoms with Crippen LogP contribution < -0.4 is 9.47 Å². The molecule has 0 aliphatic heterocycles. The minimum atomic E-state index is -0.507. The average Bonchev–Trinajstić information content (AvgIpc) is 2.40. The minimum Gasteiger partial charge on any atom is -0.490 e. The largest absolute Gasteiger partial charge is 0.490 e. The van der Waals surface area contributed by atoms with Gasteiger partial charge in [-0.25, -0.2) is 0 Å². The fourth-order valence-corrected chi connectivity index (χ4v) is 1.88. The summed E-state index contributed by atoms with van der Waals surface area (Å²) in [6.45, 7) is 11.3. The van der Waals surface area contributed by atoms with E-state index in [0.29, 0.717) is 19.0 Å². The predicted octanol–water partition coefficient (Wildman–Crippen LogP) is 3.95. The summed E-state index contributed by atoms with van der Waals surface area (Å²) in [5.74, 6) is 1.43. The van der Waals surface area contributed by atoms with Gasteiger partial charge in [-0.2, -0.15) is 0 Å². The Morgan fingerprint density at radius 2 is 1.63 bits per heavy atom. The van der Waals surface area contributed by atoms with Crippen LogP contribution in [0.15, 0.2) is 18.2 Å². The maximum Gasteiger partial charge on any atom is 0.161 e. The van der Waals surface area contributed by atoms with E-state index in [2.05, 4.69) is 20.8 Å². The summed E-state index contributed by atoms with van der Waals surface area (Å²) in [5.41, 5.74) is 0.718. The van der Waals surface area contributed by atoms with Crippen molar-refractivity contribution >= 4 is 0 Å². The quantitative estimate of drug-likeness (QED) is 0.812. The molecule has 1 N–H and O–H groups in total. The van der Waals surface area contributed by atoms with Crippen LogP contribution in [0.5, 0.6) is 11.5 Å². The summed E-state index contributed by atoms with van der Waals surface area (Å²) in [4.78, 5) is 0. The third kappa shape index (κ3) is 3.87. The van der Waals surface area contributed by atoms with Crippen LogP contribution in [0.25, 0.3) is 0 Å². The van der Waals surface area contributed by atoms with E-state index in [-0.39, 0.29) is 5.41 Å². The molecule has 0 amide bonds. The fourth-order valence-electron chi connectivity index (χ4n) is 1.88. The Labute approximate surface area is 116 Å². The molecule has 1 aromatic rings. The Bertz CT molecular complexity index is 399. The lowest BCUT2D eigenvalue weighted by molar-refractivity contribution is 0.0463. The highest BCUT2D eigenvalue weighted by atomic mass is 16.5. The van der Waals surface area contributed by atoms with Crippen LogP contribution in [0.4, 0.5) is 0 Å². The molecule has 0 saturated heterocycles. The Morgan fingerprint density at radius 1 is 1.05 bits per heavy atom. The molecule has 0 bridgehead atoms. The van der Waals surface area contributed by atoms with E-state index < -0.39 is 6.10 Å². The Hall–Kier alpha value is -1.22. The van der Waals surface area contributed by atoms with Gasteiger partial charge in [-0.05, 0) is 43.4 Å². The maximum atomic E-state index is 10.5. The van der Waals surface area contributed by atoms with Crippen LogP contribution in [-0.2, 0) is 0 Å². The molecule has 1 aromatic carbocycles. The molecule has 108 valence electrons. The summed E-state index contributed by atoms with van der Waals surface area (Å²) < 4.78 is 11.1. The van der Waals surface area contributed by atoms with Crippen molar-refractivity contribution in [2.24, 2.45) is 5.41 Å². The average molecular weight is 266 g/mol. The van der Waals surface area contributed by atoms with Gasteiger partial charge < -0.3 is 14.6 Å². The third-order valence-corrected chi connectivity index (χ3v) is 3.53. The van der Waals surface area contributed by atoms with Gasteiger partial charge in [-0.15, -0.1) is 0 Å². The smallest absolute Gasteiger partial charge is 0.161 e. The van der Waals surface area contributed by atoms with Gasteiger partial charge >= 0.3 is 0 Å². The lowest BCUT2D eigenvalue weighted by Crippen LogP contribution is -2.21. The first-order valence-electron chi connectivity index (χ1n) is 7.03. The topological polar surface area (TPSA) is 38.7 Å². The number of ether oxygens (including phenoxy) is 2.